The highest BCUT2D eigenvalue weighted by Crippen LogP contribution is 2.11. The summed E-state index contributed by atoms with van der Waals surface area (Å²) in [7, 11) is 1.97. The van der Waals surface area contributed by atoms with E-state index < -0.39 is 0 Å². The Bertz CT molecular complexity index is 360. The van der Waals surface area contributed by atoms with Crippen LogP contribution in [0, 0.1) is 6.92 Å². The first-order valence-electron chi connectivity index (χ1n) is 7.08. The zero-order valence-corrected chi connectivity index (χ0v) is 12.8. The molecule has 1 atom stereocenters. The minimum Gasteiger partial charge on any atom is -0.351 e. The fourth-order valence-electron chi connectivity index (χ4n) is 2.22. The van der Waals surface area contributed by atoms with Crippen molar-refractivity contribution < 1.29 is 9.47 Å². The quantitative estimate of drug-likeness (QED) is 0.693. The molecule has 1 heterocycles. The topological polar surface area (TPSA) is 48.3 Å². The fraction of sp³-hybridized carbons (Fsp3) is 0.786. The molecule has 5 heteroatoms. The number of hydrogen-bond donors (Lipinski definition) is 1. The molecule has 110 valence electrons. The van der Waals surface area contributed by atoms with Gasteiger partial charge in [0.15, 0.2) is 6.29 Å². The van der Waals surface area contributed by atoms with E-state index in [1.807, 2.05) is 32.5 Å². The second-order valence-electron chi connectivity index (χ2n) is 4.55. The molecular weight excluding hydrogens is 242 g/mol. The zero-order valence-electron chi connectivity index (χ0n) is 12.8. The normalized spacial score (nSPS) is 13.2. The molecule has 1 unspecified atom stereocenters. The summed E-state index contributed by atoms with van der Waals surface area (Å²) in [6.07, 6.45) is 0.626. The lowest BCUT2D eigenvalue weighted by atomic mass is 10.1. The Balaban J connectivity index is 2.77. The van der Waals surface area contributed by atoms with Gasteiger partial charge >= 0.3 is 0 Å². The summed E-state index contributed by atoms with van der Waals surface area (Å²) in [5.74, 6) is 0. The molecule has 0 bridgehead atoms. The van der Waals surface area contributed by atoms with Crippen molar-refractivity contribution in [2.75, 3.05) is 19.8 Å². The van der Waals surface area contributed by atoms with Crippen LogP contribution in [0.5, 0.6) is 0 Å². The Hall–Kier alpha value is -0.910. The first-order chi connectivity index (χ1) is 9.12. The van der Waals surface area contributed by atoms with Crippen LogP contribution < -0.4 is 5.32 Å². The van der Waals surface area contributed by atoms with E-state index in [4.69, 9.17) is 9.47 Å². The summed E-state index contributed by atoms with van der Waals surface area (Å²) in [5.41, 5.74) is 2.23. The molecule has 5 nitrogen and oxygen atoms in total. The first-order valence-corrected chi connectivity index (χ1v) is 7.08. The first kappa shape index (κ1) is 16.1. The summed E-state index contributed by atoms with van der Waals surface area (Å²) in [6.45, 7) is 10.3. The lowest BCUT2D eigenvalue weighted by Crippen LogP contribution is -2.45. The van der Waals surface area contributed by atoms with Crippen molar-refractivity contribution in [3.63, 3.8) is 0 Å². The van der Waals surface area contributed by atoms with Crippen molar-refractivity contribution in [3.8, 4) is 0 Å². The molecule has 19 heavy (non-hydrogen) atoms. The van der Waals surface area contributed by atoms with E-state index in [2.05, 4.69) is 23.4 Å². The van der Waals surface area contributed by atoms with E-state index >= 15 is 0 Å². The minimum absolute atomic E-state index is 0.139. The van der Waals surface area contributed by atoms with Crippen LogP contribution in [0.3, 0.4) is 0 Å². The Kier molecular flexibility index (Phi) is 7.05. The highest BCUT2D eigenvalue weighted by molar-refractivity contribution is 5.10. The molecule has 0 aliphatic carbocycles. The van der Waals surface area contributed by atoms with Crippen LogP contribution in [-0.4, -0.2) is 41.9 Å². The highest BCUT2D eigenvalue weighted by Gasteiger charge is 2.23. The second kappa shape index (κ2) is 8.30. The monoisotopic (exact) mass is 269 g/mol. The maximum atomic E-state index is 5.70. The molecule has 0 aromatic carbocycles. The van der Waals surface area contributed by atoms with Gasteiger partial charge < -0.3 is 14.8 Å². The van der Waals surface area contributed by atoms with Gasteiger partial charge in [0.05, 0.1) is 11.7 Å². The van der Waals surface area contributed by atoms with Crippen LogP contribution in [0.2, 0.25) is 0 Å². The van der Waals surface area contributed by atoms with Crippen molar-refractivity contribution in [3.05, 3.63) is 17.5 Å². The Morgan fingerprint density at radius 1 is 1.26 bits per heavy atom. The number of ether oxygens (including phenoxy) is 2. The highest BCUT2D eigenvalue weighted by atomic mass is 16.7. The molecular formula is C14H27N3O2. The smallest absolute Gasteiger partial charge is 0.173 e. The molecule has 1 aromatic rings. The molecule has 0 aliphatic heterocycles. The van der Waals surface area contributed by atoms with Crippen LogP contribution >= 0.6 is 0 Å². The summed E-state index contributed by atoms with van der Waals surface area (Å²) in [6, 6.07) is 2.25. The molecule has 1 rings (SSSR count). The predicted octanol–water partition coefficient (Wildman–Crippen LogP) is 1.65. The Morgan fingerprint density at radius 3 is 2.32 bits per heavy atom. The van der Waals surface area contributed by atoms with Gasteiger partial charge in [0.2, 0.25) is 0 Å². The molecule has 0 saturated carbocycles. The average molecular weight is 269 g/mol. The average Bonchev–Trinajstić information content (AvgIpc) is 2.67. The van der Waals surface area contributed by atoms with Crippen molar-refractivity contribution in [2.45, 2.75) is 46.4 Å². The van der Waals surface area contributed by atoms with Crippen LogP contribution in [0.15, 0.2) is 6.07 Å². The Morgan fingerprint density at radius 2 is 1.89 bits per heavy atom. The number of rotatable bonds is 9. The van der Waals surface area contributed by atoms with Crippen LogP contribution in [0.4, 0.5) is 0 Å². The summed E-state index contributed by atoms with van der Waals surface area (Å²) in [4.78, 5) is 0. The van der Waals surface area contributed by atoms with Crippen molar-refractivity contribution >= 4 is 0 Å². The molecule has 0 spiro atoms. The standard InChI is InChI=1S/C14H27N3O2/c1-6-15-13(14(18-7-2)19-8-3)10-12-9-11(4)16-17(12)5/h9,13-15H,6-8,10H2,1-5H3. The maximum Gasteiger partial charge on any atom is 0.173 e. The van der Waals surface area contributed by atoms with Gasteiger partial charge in [-0.3, -0.25) is 4.68 Å². The van der Waals surface area contributed by atoms with Gasteiger partial charge in [-0.25, -0.2) is 0 Å². The molecule has 0 amide bonds. The summed E-state index contributed by atoms with van der Waals surface area (Å²) < 4.78 is 13.3. The number of nitrogens with one attached hydrogen (secondary N) is 1. The van der Waals surface area contributed by atoms with E-state index in [1.54, 1.807) is 0 Å². The van der Waals surface area contributed by atoms with Crippen molar-refractivity contribution in [1.82, 2.24) is 15.1 Å². The zero-order chi connectivity index (χ0) is 14.3. The van der Waals surface area contributed by atoms with Gasteiger partial charge in [0.25, 0.3) is 0 Å². The number of aryl methyl sites for hydroxylation is 2. The van der Waals surface area contributed by atoms with Crippen LogP contribution in [0.25, 0.3) is 0 Å². The van der Waals surface area contributed by atoms with Gasteiger partial charge in [0.1, 0.15) is 0 Å². The molecule has 1 N–H and O–H groups in total. The van der Waals surface area contributed by atoms with Crippen molar-refractivity contribution in [1.29, 1.82) is 0 Å². The van der Waals surface area contributed by atoms with Gasteiger partial charge in [-0.1, -0.05) is 6.92 Å². The summed E-state index contributed by atoms with van der Waals surface area (Å²) in [5, 5.41) is 7.83. The third-order valence-electron chi connectivity index (χ3n) is 2.98. The van der Waals surface area contributed by atoms with E-state index in [0.717, 1.165) is 18.7 Å². The van der Waals surface area contributed by atoms with E-state index in [9.17, 15) is 0 Å². The SMILES string of the molecule is CCNC(Cc1cc(C)nn1C)C(OCC)OCC. The Labute approximate surface area is 116 Å². The molecule has 0 aliphatic rings. The van der Waals surface area contributed by atoms with Gasteiger partial charge in [-0.15, -0.1) is 0 Å². The number of likely N-dealkylation sites (N-methyl/N-ethyl adjacent to an activating group) is 1. The molecule has 0 fully saturated rings. The maximum absolute atomic E-state index is 5.70. The van der Waals surface area contributed by atoms with Crippen LogP contribution in [-0.2, 0) is 22.9 Å². The van der Waals surface area contributed by atoms with E-state index in [0.29, 0.717) is 13.2 Å². The van der Waals surface area contributed by atoms with Crippen LogP contribution in [0.1, 0.15) is 32.2 Å². The van der Waals surface area contributed by atoms with Gasteiger partial charge in [-0.2, -0.15) is 5.10 Å². The lowest BCUT2D eigenvalue weighted by molar-refractivity contribution is -0.153. The predicted molar refractivity (Wildman–Crippen MR) is 76.2 cm³/mol. The van der Waals surface area contributed by atoms with E-state index in [-0.39, 0.29) is 12.3 Å². The number of hydrogen-bond acceptors (Lipinski definition) is 4. The van der Waals surface area contributed by atoms with E-state index in [1.165, 1.54) is 5.69 Å². The molecule has 0 saturated heterocycles. The van der Waals surface area contributed by atoms with Gasteiger partial charge in [0, 0.05) is 32.4 Å². The summed E-state index contributed by atoms with van der Waals surface area (Å²) >= 11 is 0. The third kappa shape index (κ3) is 4.93. The van der Waals surface area contributed by atoms with Crippen molar-refractivity contribution in [2.24, 2.45) is 7.05 Å². The third-order valence-corrected chi connectivity index (χ3v) is 2.98. The second-order valence-corrected chi connectivity index (χ2v) is 4.55. The lowest BCUT2D eigenvalue weighted by Gasteiger charge is -2.27. The van der Waals surface area contributed by atoms with Gasteiger partial charge in [-0.05, 0) is 33.4 Å². The number of nitrogens with zero attached hydrogens (tertiary/aromatic N) is 2. The molecule has 0 radical (unpaired) electrons. The number of aromatic nitrogens is 2. The molecule has 1 aromatic heterocycles. The minimum atomic E-state index is -0.217. The largest absolute Gasteiger partial charge is 0.351 e. The fourth-order valence-corrected chi connectivity index (χ4v) is 2.22.